The molecule has 1 saturated heterocycles. The van der Waals surface area contributed by atoms with Crippen molar-refractivity contribution in [2.75, 3.05) is 19.6 Å². The van der Waals surface area contributed by atoms with E-state index >= 15 is 0 Å². The highest BCUT2D eigenvalue weighted by Gasteiger charge is 2.18. The average molecular weight is 276 g/mol. The Morgan fingerprint density at radius 1 is 1.45 bits per heavy atom. The number of carbonyl (C=O) groups is 1. The van der Waals surface area contributed by atoms with Crippen LogP contribution in [0.3, 0.4) is 0 Å². The molecule has 1 aromatic carbocycles. The first kappa shape index (κ1) is 15.0. The van der Waals surface area contributed by atoms with Gasteiger partial charge in [0.1, 0.15) is 0 Å². The summed E-state index contributed by atoms with van der Waals surface area (Å²) in [4.78, 5) is 14.1. The van der Waals surface area contributed by atoms with Gasteiger partial charge in [0, 0.05) is 19.5 Å². The maximum atomic E-state index is 12.0. The molecule has 1 heterocycles. The van der Waals surface area contributed by atoms with Gasteiger partial charge in [0.25, 0.3) is 0 Å². The number of aliphatic hydroxyl groups excluding tert-OH is 1. The van der Waals surface area contributed by atoms with E-state index in [1.807, 2.05) is 37.3 Å². The average Bonchev–Trinajstić information content (AvgIpc) is 2.46. The van der Waals surface area contributed by atoms with Crippen LogP contribution in [0.4, 0.5) is 0 Å². The molecular formula is C16H24N2O2. The number of aliphatic hydroxyl groups is 1. The van der Waals surface area contributed by atoms with E-state index in [2.05, 4.69) is 10.2 Å². The Hall–Kier alpha value is -1.39. The number of carbonyl (C=O) groups excluding carboxylic acids is 1. The second-order valence-corrected chi connectivity index (χ2v) is 5.55. The lowest BCUT2D eigenvalue weighted by molar-refractivity contribution is -0.122. The van der Waals surface area contributed by atoms with E-state index < -0.39 is 0 Å². The third kappa shape index (κ3) is 4.62. The van der Waals surface area contributed by atoms with Gasteiger partial charge in [-0.05, 0) is 31.9 Å². The fourth-order valence-corrected chi connectivity index (χ4v) is 2.63. The predicted molar refractivity (Wildman–Crippen MR) is 79.3 cm³/mol. The molecule has 20 heavy (non-hydrogen) atoms. The number of nitrogens with zero attached hydrogens (tertiary/aromatic N) is 1. The second kappa shape index (κ2) is 7.41. The summed E-state index contributed by atoms with van der Waals surface area (Å²) in [6, 6.07) is 10.0. The van der Waals surface area contributed by atoms with Gasteiger partial charge in [-0.15, -0.1) is 0 Å². The number of β-amino-alcohol motifs (C(OH)–C–C–N with tert-alkyl or cyclic N) is 1. The topological polar surface area (TPSA) is 52.6 Å². The third-order valence-electron chi connectivity index (χ3n) is 3.81. The van der Waals surface area contributed by atoms with Gasteiger partial charge in [-0.2, -0.15) is 0 Å². The monoisotopic (exact) mass is 276 g/mol. The quantitative estimate of drug-likeness (QED) is 0.861. The lowest BCUT2D eigenvalue weighted by atomic mass is 10.1. The fraction of sp³-hybridized carbons (Fsp3) is 0.562. The highest BCUT2D eigenvalue weighted by Crippen LogP contribution is 2.12. The van der Waals surface area contributed by atoms with E-state index in [0.29, 0.717) is 13.0 Å². The van der Waals surface area contributed by atoms with Crippen molar-refractivity contribution in [1.82, 2.24) is 10.2 Å². The molecule has 2 N–H and O–H groups in total. The smallest absolute Gasteiger partial charge is 0.221 e. The normalized spacial score (nSPS) is 21.4. The van der Waals surface area contributed by atoms with Crippen LogP contribution in [0.15, 0.2) is 30.3 Å². The van der Waals surface area contributed by atoms with E-state index in [4.69, 9.17) is 0 Å². The van der Waals surface area contributed by atoms with Crippen LogP contribution < -0.4 is 5.32 Å². The van der Waals surface area contributed by atoms with E-state index in [-0.39, 0.29) is 18.1 Å². The molecule has 1 aromatic rings. The van der Waals surface area contributed by atoms with Crippen LogP contribution in [0.1, 0.15) is 37.8 Å². The molecule has 0 bridgehead atoms. The number of hydrogen-bond donors (Lipinski definition) is 2. The largest absolute Gasteiger partial charge is 0.392 e. The van der Waals surface area contributed by atoms with Crippen LogP contribution in [0, 0.1) is 0 Å². The van der Waals surface area contributed by atoms with Crippen molar-refractivity contribution >= 4 is 5.91 Å². The molecule has 1 aliphatic heterocycles. The molecule has 4 heteroatoms. The van der Waals surface area contributed by atoms with Gasteiger partial charge in [0.2, 0.25) is 5.91 Å². The van der Waals surface area contributed by atoms with Crippen LogP contribution in [-0.2, 0) is 4.79 Å². The Morgan fingerprint density at radius 3 is 2.90 bits per heavy atom. The Balaban J connectivity index is 1.72. The Bertz CT molecular complexity index is 422. The van der Waals surface area contributed by atoms with Crippen LogP contribution in [0.25, 0.3) is 0 Å². The van der Waals surface area contributed by atoms with Crippen LogP contribution in [0.5, 0.6) is 0 Å². The number of likely N-dealkylation sites (tertiary alicyclic amines) is 1. The maximum absolute atomic E-state index is 12.0. The molecule has 0 aromatic heterocycles. The van der Waals surface area contributed by atoms with Gasteiger partial charge >= 0.3 is 0 Å². The van der Waals surface area contributed by atoms with Gasteiger partial charge < -0.3 is 15.3 Å². The standard InChI is InChI=1S/C16H24N2O2/c1-13(14-6-3-2-4-7-14)17-16(20)9-11-18-10-5-8-15(19)12-18/h2-4,6-7,13,15,19H,5,8-12H2,1H3,(H,17,20). The Morgan fingerprint density at radius 2 is 2.20 bits per heavy atom. The molecular weight excluding hydrogens is 252 g/mol. The highest BCUT2D eigenvalue weighted by atomic mass is 16.3. The summed E-state index contributed by atoms with van der Waals surface area (Å²) in [6.07, 6.45) is 2.16. The van der Waals surface area contributed by atoms with Gasteiger partial charge in [0.05, 0.1) is 12.1 Å². The molecule has 0 spiro atoms. The molecule has 1 amide bonds. The van der Waals surface area contributed by atoms with Gasteiger partial charge in [-0.3, -0.25) is 4.79 Å². The summed E-state index contributed by atoms with van der Waals surface area (Å²) < 4.78 is 0. The SMILES string of the molecule is CC(NC(=O)CCN1CCCC(O)C1)c1ccccc1. The molecule has 0 radical (unpaired) electrons. The summed E-state index contributed by atoms with van der Waals surface area (Å²) in [5, 5.41) is 12.6. The number of benzene rings is 1. The van der Waals surface area contributed by atoms with Crippen LogP contribution >= 0.6 is 0 Å². The van der Waals surface area contributed by atoms with Crippen molar-refractivity contribution in [1.29, 1.82) is 0 Å². The minimum Gasteiger partial charge on any atom is -0.392 e. The molecule has 110 valence electrons. The molecule has 0 saturated carbocycles. The maximum Gasteiger partial charge on any atom is 0.221 e. The molecule has 2 unspecified atom stereocenters. The number of nitrogens with one attached hydrogen (secondary N) is 1. The minimum atomic E-state index is -0.227. The van der Waals surface area contributed by atoms with Gasteiger partial charge in [-0.25, -0.2) is 0 Å². The zero-order chi connectivity index (χ0) is 14.4. The molecule has 0 aliphatic carbocycles. The van der Waals surface area contributed by atoms with Crippen molar-refractivity contribution in [3.8, 4) is 0 Å². The zero-order valence-corrected chi connectivity index (χ0v) is 12.1. The molecule has 2 rings (SSSR count). The van der Waals surface area contributed by atoms with Crippen molar-refractivity contribution < 1.29 is 9.90 Å². The summed E-state index contributed by atoms with van der Waals surface area (Å²) in [6.45, 7) is 4.41. The summed E-state index contributed by atoms with van der Waals surface area (Å²) in [7, 11) is 0. The fourth-order valence-electron chi connectivity index (χ4n) is 2.63. The van der Waals surface area contributed by atoms with Crippen LogP contribution in [0.2, 0.25) is 0 Å². The summed E-state index contributed by atoms with van der Waals surface area (Å²) in [5.41, 5.74) is 1.12. The molecule has 2 atom stereocenters. The number of amides is 1. The minimum absolute atomic E-state index is 0.0376. The third-order valence-corrected chi connectivity index (χ3v) is 3.81. The number of piperidine rings is 1. The van der Waals surface area contributed by atoms with E-state index in [1.54, 1.807) is 0 Å². The number of rotatable bonds is 5. The Kier molecular flexibility index (Phi) is 5.56. The molecule has 4 nitrogen and oxygen atoms in total. The van der Waals surface area contributed by atoms with Crippen molar-refractivity contribution in [2.24, 2.45) is 0 Å². The lowest BCUT2D eigenvalue weighted by Crippen LogP contribution is -2.40. The highest BCUT2D eigenvalue weighted by molar-refractivity contribution is 5.76. The van der Waals surface area contributed by atoms with E-state index in [1.165, 1.54) is 0 Å². The van der Waals surface area contributed by atoms with Crippen molar-refractivity contribution in [2.45, 2.75) is 38.3 Å². The lowest BCUT2D eigenvalue weighted by Gasteiger charge is -2.29. The van der Waals surface area contributed by atoms with E-state index in [9.17, 15) is 9.90 Å². The molecule has 1 fully saturated rings. The zero-order valence-electron chi connectivity index (χ0n) is 12.1. The van der Waals surface area contributed by atoms with Gasteiger partial charge in [0.15, 0.2) is 0 Å². The number of hydrogen-bond acceptors (Lipinski definition) is 3. The first-order chi connectivity index (χ1) is 9.65. The summed E-state index contributed by atoms with van der Waals surface area (Å²) in [5.74, 6) is 0.0708. The summed E-state index contributed by atoms with van der Waals surface area (Å²) >= 11 is 0. The van der Waals surface area contributed by atoms with Crippen LogP contribution in [-0.4, -0.2) is 41.7 Å². The Labute approximate surface area is 120 Å². The predicted octanol–water partition coefficient (Wildman–Crippen LogP) is 1.71. The first-order valence-electron chi connectivity index (χ1n) is 7.40. The van der Waals surface area contributed by atoms with Gasteiger partial charge in [-0.1, -0.05) is 30.3 Å². The molecule has 1 aliphatic rings. The second-order valence-electron chi connectivity index (χ2n) is 5.55. The van der Waals surface area contributed by atoms with Crippen molar-refractivity contribution in [3.63, 3.8) is 0 Å². The first-order valence-corrected chi connectivity index (χ1v) is 7.40. The van der Waals surface area contributed by atoms with Crippen molar-refractivity contribution in [3.05, 3.63) is 35.9 Å². The van der Waals surface area contributed by atoms with E-state index in [0.717, 1.165) is 31.5 Å².